The van der Waals surface area contributed by atoms with Crippen molar-refractivity contribution < 1.29 is 5.11 Å². The third-order valence-corrected chi connectivity index (χ3v) is 3.37. The molecule has 0 fully saturated rings. The van der Waals surface area contributed by atoms with Gasteiger partial charge >= 0.3 is 0 Å². The van der Waals surface area contributed by atoms with Crippen LogP contribution in [0.5, 0.6) is 0 Å². The number of aliphatic hydroxyl groups is 1. The van der Waals surface area contributed by atoms with Crippen LogP contribution in [0.25, 0.3) is 0 Å². The summed E-state index contributed by atoms with van der Waals surface area (Å²) in [4.78, 5) is 0. The summed E-state index contributed by atoms with van der Waals surface area (Å²) in [5, 5.41) is 12.5. The number of fused-ring (bicyclic) bond motifs is 1. The number of anilines is 1. The number of hydrogen-bond donors (Lipinski definition) is 2. The SMILES string of the molecule is CC(C)(C)c1ccc2c(c1)C(CCO)CN2. The molecule has 2 nitrogen and oxygen atoms in total. The van der Waals surface area contributed by atoms with E-state index < -0.39 is 0 Å². The predicted octanol–water partition coefficient (Wildman–Crippen LogP) is 2.88. The summed E-state index contributed by atoms with van der Waals surface area (Å²) in [6.07, 6.45) is 0.855. The lowest BCUT2D eigenvalue weighted by molar-refractivity contribution is 0.278. The first-order valence-corrected chi connectivity index (χ1v) is 6.01. The summed E-state index contributed by atoms with van der Waals surface area (Å²) >= 11 is 0. The summed E-state index contributed by atoms with van der Waals surface area (Å²) in [5.41, 5.74) is 4.19. The van der Waals surface area contributed by atoms with Crippen molar-refractivity contribution in [2.75, 3.05) is 18.5 Å². The van der Waals surface area contributed by atoms with Gasteiger partial charge in [0, 0.05) is 24.8 Å². The summed E-state index contributed by atoms with van der Waals surface area (Å²) in [5.74, 6) is 0.474. The van der Waals surface area contributed by atoms with Gasteiger partial charge in [0.05, 0.1) is 0 Å². The minimum Gasteiger partial charge on any atom is -0.396 e. The van der Waals surface area contributed by atoms with Gasteiger partial charge in [-0.1, -0.05) is 32.9 Å². The average Bonchev–Trinajstić information content (AvgIpc) is 2.60. The standard InChI is InChI=1S/C14H21NO/c1-14(2,3)11-4-5-13-12(8-11)10(6-7-16)9-15-13/h4-5,8,10,15-16H,6-7,9H2,1-3H3. The first-order valence-electron chi connectivity index (χ1n) is 6.01. The molecule has 1 atom stereocenters. The smallest absolute Gasteiger partial charge is 0.0437 e. The number of benzene rings is 1. The third kappa shape index (κ3) is 2.07. The van der Waals surface area contributed by atoms with Gasteiger partial charge in [-0.25, -0.2) is 0 Å². The molecular formula is C14H21NO. The van der Waals surface area contributed by atoms with Crippen LogP contribution >= 0.6 is 0 Å². The second-order valence-electron chi connectivity index (χ2n) is 5.64. The Bertz CT molecular complexity index is 377. The van der Waals surface area contributed by atoms with E-state index in [2.05, 4.69) is 44.3 Å². The first kappa shape index (κ1) is 11.5. The van der Waals surface area contributed by atoms with Gasteiger partial charge in [0.2, 0.25) is 0 Å². The van der Waals surface area contributed by atoms with E-state index in [9.17, 15) is 0 Å². The molecule has 88 valence electrons. The van der Waals surface area contributed by atoms with E-state index in [4.69, 9.17) is 5.11 Å². The quantitative estimate of drug-likeness (QED) is 0.801. The lowest BCUT2D eigenvalue weighted by Crippen LogP contribution is -2.11. The molecule has 0 amide bonds. The van der Waals surface area contributed by atoms with Crippen molar-refractivity contribution in [3.05, 3.63) is 29.3 Å². The topological polar surface area (TPSA) is 32.3 Å². The lowest BCUT2D eigenvalue weighted by atomic mass is 9.84. The molecule has 0 bridgehead atoms. The van der Waals surface area contributed by atoms with E-state index >= 15 is 0 Å². The number of aliphatic hydroxyl groups excluding tert-OH is 1. The molecule has 16 heavy (non-hydrogen) atoms. The summed E-state index contributed by atoms with van der Waals surface area (Å²) in [6, 6.07) is 6.68. The predicted molar refractivity (Wildman–Crippen MR) is 68.1 cm³/mol. The van der Waals surface area contributed by atoms with Crippen LogP contribution in [0, 0.1) is 0 Å². The van der Waals surface area contributed by atoms with E-state index in [-0.39, 0.29) is 12.0 Å². The van der Waals surface area contributed by atoms with Crippen molar-refractivity contribution in [1.82, 2.24) is 0 Å². The normalized spacial score (nSPS) is 19.4. The summed E-state index contributed by atoms with van der Waals surface area (Å²) in [7, 11) is 0. The molecule has 2 N–H and O–H groups in total. The minimum absolute atomic E-state index is 0.196. The fourth-order valence-electron chi connectivity index (χ4n) is 2.28. The highest BCUT2D eigenvalue weighted by Crippen LogP contribution is 2.36. The van der Waals surface area contributed by atoms with Crippen LogP contribution in [0.1, 0.15) is 44.2 Å². The zero-order valence-electron chi connectivity index (χ0n) is 10.4. The van der Waals surface area contributed by atoms with Crippen LogP contribution in [0.2, 0.25) is 0 Å². The van der Waals surface area contributed by atoms with Gasteiger partial charge in [0.25, 0.3) is 0 Å². The van der Waals surface area contributed by atoms with E-state index in [1.54, 1.807) is 0 Å². The van der Waals surface area contributed by atoms with Crippen molar-refractivity contribution in [2.24, 2.45) is 0 Å². The van der Waals surface area contributed by atoms with Crippen LogP contribution in [0.15, 0.2) is 18.2 Å². The van der Waals surface area contributed by atoms with E-state index in [1.165, 1.54) is 16.8 Å². The Hall–Kier alpha value is -1.02. The Labute approximate surface area is 97.7 Å². The number of rotatable bonds is 2. The van der Waals surface area contributed by atoms with Crippen molar-refractivity contribution in [3.8, 4) is 0 Å². The van der Waals surface area contributed by atoms with Crippen molar-refractivity contribution in [3.63, 3.8) is 0 Å². The van der Waals surface area contributed by atoms with Gasteiger partial charge in [-0.2, -0.15) is 0 Å². The fraction of sp³-hybridized carbons (Fsp3) is 0.571. The van der Waals surface area contributed by atoms with Crippen LogP contribution in [-0.2, 0) is 5.41 Å². The third-order valence-electron chi connectivity index (χ3n) is 3.37. The van der Waals surface area contributed by atoms with Crippen molar-refractivity contribution >= 4 is 5.69 Å². The molecule has 1 unspecified atom stereocenters. The number of nitrogens with one attached hydrogen (secondary N) is 1. The van der Waals surface area contributed by atoms with Crippen LogP contribution in [0.3, 0.4) is 0 Å². The Morgan fingerprint density at radius 1 is 1.38 bits per heavy atom. The molecule has 0 aliphatic carbocycles. The molecular weight excluding hydrogens is 198 g/mol. The molecule has 1 aromatic rings. The fourth-order valence-corrected chi connectivity index (χ4v) is 2.28. The average molecular weight is 219 g/mol. The molecule has 0 radical (unpaired) electrons. The molecule has 0 saturated heterocycles. The van der Waals surface area contributed by atoms with Gasteiger partial charge < -0.3 is 10.4 Å². The summed E-state index contributed by atoms with van der Waals surface area (Å²) in [6.45, 7) is 7.93. The van der Waals surface area contributed by atoms with E-state index in [0.29, 0.717) is 5.92 Å². The molecule has 0 spiro atoms. The second-order valence-corrected chi connectivity index (χ2v) is 5.64. The zero-order chi connectivity index (χ0) is 11.8. The lowest BCUT2D eigenvalue weighted by Gasteiger charge is -2.20. The highest BCUT2D eigenvalue weighted by Gasteiger charge is 2.24. The van der Waals surface area contributed by atoms with E-state index in [0.717, 1.165) is 13.0 Å². The molecule has 0 saturated carbocycles. The Balaban J connectivity index is 2.34. The second kappa shape index (κ2) is 4.10. The van der Waals surface area contributed by atoms with Crippen LogP contribution in [-0.4, -0.2) is 18.3 Å². The minimum atomic E-state index is 0.196. The van der Waals surface area contributed by atoms with Gasteiger partial charge in [0.1, 0.15) is 0 Å². The molecule has 1 aliphatic heterocycles. The molecule has 1 heterocycles. The van der Waals surface area contributed by atoms with Gasteiger partial charge in [-0.3, -0.25) is 0 Å². The summed E-state index contributed by atoms with van der Waals surface area (Å²) < 4.78 is 0. The Morgan fingerprint density at radius 2 is 2.12 bits per heavy atom. The maximum absolute atomic E-state index is 9.05. The van der Waals surface area contributed by atoms with Crippen LogP contribution < -0.4 is 5.32 Å². The molecule has 1 aromatic carbocycles. The zero-order valence-corrected chi connectivity index (χ0v) is 10.4. The Kier molecular flexibility index (Phi) is 2.94. The van der Waals surface area contributed by atoms with Crippen molar-refractivity contribution in [1.29, 1.82) is 0 Å². The first-order chi connectivity index (χ1) is 7.52. The monoisotopic (exact) mass is 219 g/mol. The largest absolute Gasteiger partial charge is 0.396 e. The maximum Gasteiger partial charge on any atom is 0.0437 e. The molecule has 1 aliphatic rings. The highest BCUT2D eigenvalue weighted by atomic mass is 16.3. The molecule has 0 aromatic heterocycles. The Morgan fingerprint density at radius 3 is 2.75 bits per heavy atom. The van der Waals surface area contributed by atoms with E-state index in [1.807, 2.05) is 0 Å². The highest BCUT2D eigenvalue weighted by molar-refractivity contribution is 5.59. The van der Waals surface area contributed by atoms with Crippen molar-refractivity contribution in [2.45, 2.75) is 38.5 Å². The van der Waals surface area contributed by atoms with Gasteiger partial charge in [0.15, 0.2) is 0 Å². The maximum atomic E-state index is 9.05. The number of hydrogen-bond acceptors (Lipinski definition) is 2. The van der Waals surface area contributed by atoms with Gasteiger partial charge in [-0.05, 0) is 29.0 Å². The molecule has 2 heteroatoms. The van der Waals surface area contributed by atoms with Crippen LogP contribution in [0.4, 0.5) is 5.69 Å². The van der Waals surface area contributed by atoms with Gasteiger partial charge in [-0.15, -0.1) is 0 Å². The molecule has 2 rings (SSSR count).